The lowest BCUT2D eigenvalue weighted by Gasteiger charge is -2.14. The highest BCUT2D eigenvalue weighted by Crippen LogP contribution is 2.11. The van der Waals surface area contributed by atoms with E-state index >= 15 is 0 Å². The second kappa shape index (κ2) is 7.98. The molecule has 1 amide bonds. The van der Waals surface area contributed by atoms with E-state index in [0.717, 1.165) is 0 Å². The number of carbonyl (C=O) groups is 3. The molecule has 7 heteroatoms. The number of benzene rings is 1. The normalized spacial score (nSPS) is 13.2. The predicted octanol–water partition coefficient (Wildman–Crippen LogP) is 1.65. The molecule has 0 aliphatic carbocycles. The second-order valence-corrected chi connectivity index (χ2v) is 4.68. The van der Waals surface area contributed by atoms with Gasteiger partial charge in [0.25, 0.3) is 0 Å². The molecule has 23 heavy (non-hydrogen) atoms. The van der Waals surface area contributed by atoms with Gasteiger partial charge in [0.1, 0.15) is 19.5 Å². The Morgan fingerprint density at radius 1 is 1.17 bits per heavy atom. The van der Waals surface area contributed by atoms with Gasteiger partial charge in [-0.2, -0.15) is 0 Å². The quantitative estimate of drug-likeness (QED) is 0.633. The summed E-state index contributed by atoms with van der Waals surface area (Å²) in [4.78, 5) is 34.9. The van der Waals surface area contributed by atoms with Crippen molar-refractivity contribution < 1.29 is 28.6 Å². The minimum absolute atomic E-state index is 0.0540. The molecule has 1 aliphatic heterocycles. The average molecular weight is 319 g/mol. The van der Waals surface area contributed by atoms with Crippen LogP contribution in [0.4, 0.5) is 5.69 Å². The maximum absolute atomic E-state index is 12.0. The van der Waals surface area contributed by atoms with E-state index < -0.39 is 12.6 Å². The van der Waals surface area contributed by atoms with Crippen LogP contribution in [-0.2, 0) is 23.8 Å². The van der Waals surface area contributed by atoms with Gasteiger partial charge in [-0.3, -0.25) is 9.59 Å². The summed E-state index contributed by atoms with van der Waals surface area (Å²) in [5.41, 5.74) is 0.977. The number of amides is 1. The number of ether oxygens (including phenoxy) is 3. The molecule has 0 spiro atoms. The molecule has 0 bridgehead atoms. The van der Waals surface area contributed by atoms with Crippen LogP contribution < -0.4 is 5.32 Å². The molecule has 1 N–H and O–H groups in total. The molecule has 0 saturated heterocycles. The third kappa shape index (κ3) is 4.84. The summed E-state index contributed by atoms with van der Waals surface area (Å²) in [5, 5.41) is 2.68. The Balaban J connectivity index is 1.86. The smallest absolute Gasteiger partial charge is 0.377 e. The number of Topliss-reactive ketones (excluding diaryl/α,β-unsaturated/α-hetero) is 1. The van der Waals surface area contributed by atoms with E-state index in [4.69, 9.17) is 14.2 Å². The molecule has 1 aromatic carbocycles. The minimum Gasteiger partial charge on any atom is -0.493 e. The first-order chi connectivity index (χ1) is 11.1. The van der Waals surface area contributed by atoms with Gasteiger partial charge in [0, 0.05) is 17.7 Å². The first-order valence-corrected chi connectivity index (χ1v) is 7.15. The van der Waals surface area contributed by atoms with Crippen molar-refractivity contribution >= 4 is 23.3 Å². The monoisotopic (exact) mass is 319 g/mol. The first-order valence-electron chi connectivity index (χ1n) is 7.15. The van der Waals surface area contributed by atoms with Crippen LogP contribution in [-0.4, -0.2) is 37.5 Å². The summed E-state index contributed by atoms with van der Waals surface area (Å²) in [6, 6.07) is 6.34. The maximum atomic E-state index is 12.0. The third-order valence-electron chi connectivity index (χ3n) is 3.00. The van der Waals surface area contributed by atoms with Crippen LogP contribution >= 0.6 is 0 Å². The number of hydrogen-bond acceptors (Lipinski definition) is 6. The van der Waals surface area contributed by atoms with Gasteiger partial charge in [0.2, 0.25) is 11.7 Å². The minimum atomic E-state index is -0.745. The molecule has 0 aromatic heterocycles. The molecule has 2 rings (SSSR count). The fraction of sp³-hybridized carbons (Fsp3) is 0.312. The van der Waals surface area contributed by atoms with Gasteiger partial charge in [-0.05, 0) is 24.3 Å². The van der Waals surface area contributed by atoms with E-state index in [9.17, 15) is 14.4 Å². The molecule has 0 atom stereocenters. The standard InChI is InChI=1S/C16H17NO6/c1-2-15(19)17-12-5-3-11(4-6-12)13(18)9-23-16(20)14-10-21-7-8-22-14/h3-6,10H,2,7-9H2,1H3,(H,17,19). The van der Waals surface area contributed by atoms with E-state index in [0.29, 0.717) is 24.3 Å². The number of hydrogen-bond donors (Lipinski definition) is 1. The molecule has 1 aromatic rings. The Labute approximate surface area is 133 Å². The molecule has 7 nitrogen and oxygen atoms in total. The van der Waals surface area contributed by atoms with Crippen LogP contribution in [0.1, 0.15) is 23.7 Å². The van der Waals surface area contributed by atoms with Crippen molar-refractivity contribution in [1.29, 1.82) is 0 Å². The van der Waals surface area contributed by atoms with Crippen molar-refractivity contribution in [1.82, 2.24) is 0 Å². The van der Waals surface area contributed by atoms with E-state index in [1.807, 2.05) is 0 Å². The molecule has 0 radical (unpaired) electrons. The molecule has 0 saturated carbocycles. The van der Waals surface area contributed by atoms with E-state index in [1.165, 1.54) is 6.26 Å². The molecule has 1 aliphatic rings. The number of esters is 1. The Morgan fingerprint density at radius 2 is 1.91 bits per heavy atom. The molecule has 1 heterocycles. The SMILES string of the molecule is CCC(=O)Nc1ccc(C(=O)COC(=O)C2=COCCO2)cc1. The van der Waals surface area contributed by atoms with Gasteiger partial charge >= 0.3 is 5.97 Å². The molecule has 0 unspecified atom stereocenters. The highest BCUT2D eigenvalue weighted by atomic mass is 16.6. The lowest BCUT2D eigenvalue weighted by Crippen LogP contribution is -2.20. The predicted molar refractivity (Wildman–Crippen MR) is 80.6 cm³/mol. The van der Waals surface area contributed by atoms with E-state index in [2.05, 4.69) is 5.32 Å². The van der Waals surface area contributed by atoms with Gasteiger partial charge in [-0.25, -0.2) is 4.79 Å². The molecular weight excluding hydrogens is 302 g/mol. The number of rotatable bonds is 6. The van der Waals surface area contributed by atoms with Gasteiger partial charge < -0.3 is 19.5 Å². The largest absolute Gasteiger partial charge is 0.493 e. The number of ketones is 1. The van der Waals surface area contributed by atoms with Crippen molar-refractivity contribution in [3.8, 4) is 0 Å². The van der Waals surface area contributed by atoms with E-state index in [-0.39, 0.29) is 24.1 Å². The zero-order valence-electron chi connectivity index (χ0n) is 12.7. The molecule has 122 valence electrons. The van der Waals surface area contributed by atoms with Crippen molar-refractivity contribution in [2.24, 2.45) is 0 Å². The zero-order chi connectivity index (χ0) is 16.7. The van der Waals surface area contributed by atoms with Gasteiger partial charge in [-0.15, -0.1) is 0 Å². The lowest BCUT2D eigenvalue weighted by atomic mass is 10.1. The Kier molecular flexibility index (Phi) is 5.74. The molecule has 0 fully saturated rings. The van der Waals surface area contributed by atoms with Gasteiger partial charge in [0.15, 0.2) is 12.4 Å². The highest BCUT2D eigenvalue weighted by Gasteiger charge is 2.18. The number of carbonyl (C=O) groups excluding carboxylic acids is 3. The Morgan fingerprint density at radius 3 is 2.52 bits per heavy atom. The summed E-state index contributed by atoms with van der Waals surface area (Å²) in [7, 11) is 0. The first kappa shape index (κ1) is 16.5. The second-order valence-electron chi connectivity index (χ2n) is 4.68. The Bertz CT molecular complexity index is 620. The summed E-state index contributed by atoms with van der Waals surface area (Å²) in [6.07, 6.45) is 1.54. The van der Waals surface area contributed by atoms with Crippen LogP contribution in [0.3, 0.4) is 0 Å². The fourth-order valence-corrected chi connectivity index (χ4v) is 1.75. The Hall–Kier alpha value is -2.83. The number of nitrogens with one attached hydrogen (secondary N) is 1. The van der Waals surface area contributed by atoms with Gasteiger partial charge in [-0.1, -0.05) is 6.92 Å². The summed E-state index contributed by atoms with van der Waals surface area (Å²) in [5.74, 6) is -1.27. The summed E-state index contributed by atoms with van der Waals surface area (Å²) < 4.78 is 14.9. The fourth-order valence-electron chi connectivity index (χ4n) is 1.75. The van der Waals surface area contributed by atoms with Gasteiger partial charge in [0.05, 0.1) is 0 Å². The van der Waals surface area contributed by atoms with Crippen LogP contribution in [0.2, 0.25) is 0 Å². The maximum Gasteiger partial charge on any atom is 0.377 e. The van der Waals surface area contributed by atoms with Crippen molar-refractivity contribution in [2.75, 3.05) is 25.1 Å². The van der Waals surface area contributed by atoms with Crippen LogP contribution in [0.15, 0.2) is 36.3 Å². The summed E-state index contributed by atoms with van der Waals surface area (Å²) >= 11 is 0. The van der Waals surface area contributed by atoms with Crippen molar-refractivity contribution in [3.05, 3.63) is 41.9 Å². The topological polar surface area (TPSA) is 90.9 Å². The molecular formula is C16H17NO6. The van der Waals surface area contributed by atoms with Crippen molar-refractivity contribution in [3.63, 3.8) is 0 Å². The summed E-state index contributed by atoms with van der Waals surface area (Å²) in [6.45, 7) is 1.98. The highest BCUT2D eigenvalue weighted by molar-refractivity contribution is 5.99. The van der Waals surface area contributed by atoms with Crippen LogP contribution in [0.25, 0.3) is 0 Å². The average Bonchev–Trinajstić information content (AvgIpc) is 2.60. The van der Waals surface area contributed by atoms with Crippen LogP contribution in [0.5, 0.6) is 0 Å². The lowest BCUT2D eigenvalue weighted by molar-refractivity contribution is -0.143. The van der Waals surface area contributed by atoms with Crippen molar-refractivity contribution in [2.45, 2.75) is 13.3 Å². The third-order valence-corrected chi connectivity index (χ3v) is 3.00. The zero-order valence-corrected chi connectivity index (χ0v) is 12.7. The number of anilines is 1. The van der Waals surface area contributed by atoms with E-state index in [1.54, 1.807) is 31.2 Å². The van der Waals surface area contributed by atoms with Crippen LogP contribution in [0, 0.1) is 0 Å².